The highest BCUT2D eigenvalue weighted by molar-refractivity contribution is 5.96. The number of aryl methyl sites for hydroxylation is 1. The van der Waals surface area contributed by atoms with Gasteiger partial charge in [-0.05, 0) is 57.4 Å². The minimum Gasteiger partial charge on any atom is -0.350 e. The third kappa shape index (κ3) is 5.39. The van der Waals surface area contributed by atoms with Crippen LogP contribution in [0.15, 0.2) is 18.2 Å². The van der Waals surface area contributed by atoms with E-state index in [0.717, 1.165) is 18.4 Å². The highest BCUT2D eigenvalue weighted by Gasteiger charge is 2.11. The number of amides is 3. The maximum Gasteiger partial charge on any atom is 0.319 e. The Morgan fingerprint density at radius 3 is 2.18 bits per heavy atom. The third-order valence-corrected chi connectivity index (χ3v) is 3.72. The Hall–Kier alpha value is -2.04. The van der Waals surface area contributed by atoms with Gasteiger partial charge in [-0.15, -0.1) is 0 Å². The van der Waals surface area contributed by atoms with Crippen LogP contribution < -0.4 is 16.0 Å². The number of carbonyl (C=O) groups excluding carboxylic acids is 2. The molecule has 22 heavy (non-hydrogen) atoms. The average Bonchev–Trinajstić information content (AvgIpc) is 2.48. The molecule has 5 nitrogen and oxygen atoms in total. The first-order valence-electron chi connectivity index (χ1n) is 7.86. The summed E-state index contributed by atoms with van der Waals surface area (Å²) in [7, 11) is 0. The lowest BCUT2D eigenvalue weighted by Gasteiger charge is -2.15. The van der Waals surface area contributed by atoms with Crippen LogP contribution in [-0.4, -0.2) is 24.0 Å². The molecule has 0 aliphatic rings. The van der Waals surface area contributed by atoms with Crippen molar-refractivity contribution in [3.8, 4) is 0 Å². The summed E-state index contributed by atoms with van der Waals surface area (Å²) >= 11 is 0. The van der Waals surface area contributed by atoms with E-state index in [0.29, 0.717) is 11.3 Å². The zero-order valence-corrected chi connectivity index (χ0v) is 14.1. The first kappa shape index (κ1) is 18.0. The maximum absolute atomic E-state index is 12.1. The van der Waals surface area contributed by atoms with Gasteiger partial charge in [0.1, 0.15) is 0 Å². The van der Waals surface area contributed by atoms with E-state index < -0.39 is 0 Å². The molecule has 1 aromatic carbocycles. The zero-order chi connectivity index (χ0) is 16.7. The van der Waals surface area contributed by atoms with Gasteiger partial charge in [0.2, 0.25) is 0 Å². The molecule has 0 spiro atoms. The Balaban J connectivity index is 2.73. The third-order valence-electron chi connectivity index (χ3n) is 3.72. The minimum atomic E-state index is -0.228. The fourth-order valence-electron chi connectivity index (χ4n) is 1.84. The second-order valence-corrected chi connectivity index (χ2v) is 5.72. The largest absolute Gasteiger partial charge is 0.350 e. The molecular weight excluding hydrogens is 278 g/mol. The van der Waals surface area contributed by atoms with E-state index in [1.807, 2.05) is 34.6 Å². The van der Waals surface area contributed by atoms with Crippen LogP contribution >= 0.6 is 0 Å². The molecule has 5 heteroatoms. The van der Waals surface area contributed by atoms with Crippen LogP contribution in [0, 0.1) is 6.92 Å². The molecule has 3 amide bonds. The number of nitrogens with one attached hydrogen (secondary N) is 3. The second kappa shape index (κ2) is 8.41. The molecule has 0 radical (unpaired) electrons. The Labute approximate surface area is 132 Å². The molecule has 2 unspecified atom stereocenters. The Morgan fingerprint density at radius 1 is 1.05 bits per heavy atom. The van der Waals surface area contributed by atoms with Crippen molar-refractivity contribution >= 4 is 17.6 Å². The van der Waals surface area contributed by atoms with Gasteiger partial charge in [-0.25, -0.2) is 4.79 Å². The number of benzene rings is 1. The van der Waals surface area contributed by atoms with Gasteiger partial charge < -0.3 is 16.0 Å². The summed E-state index contributed by atoms with van der Waals surface area (Å²) in [5.41, 5.74) is 2.17. The number of hydrogen-bond donors (Lipinski definition) is 3. The lowest BCUT2D eigenvalue weighted by Crippen LogP contribution is -2.35. The van der Waals surface area contributed by atoms with Gasteiger partial charge >= 0.3 is 6.03 Å². The Bertz CT molecular complexity index is 529. The Morgan fingerprint density at radius 2 is 1.64 bits per heavy atom. The molecule has 0 bridgehead atoms. The topological polar surface area (TPSA) is 70.2 Å². The summed E-state index contributed by atoms with van der Waals surface area (Å²) in [6, 6.07) is 5.32. The van der Waals surface area contributed by atoms with Crippen LogP contribution in [0.4, 0.5) is 10.5 Å². The van der Waals surface area contributed by atoms with Crippen LogP contribution in [0.2, 0.25) is 0 Å². The van der Waals surface area contributed by atoms with E-state index in [1.165, 1.54) is 0 Å². The molecule has 1 rings (SSSR count). The number of carbonyl (C=O) groups is 2. The summed E-state index contributed by atoms with van der Waals surface area (Å²) in [5, 5.41) is 8.59. The molecule has 2 atom stereocenters. The molecule has 3 N–H and O–H groups in total. The average molecular weight is 305 g/mol. The van der Waals surface area contributed by atoms with Gasteiger partial charge in [-0.3, -0.25) is 4.79 Å². The van der Waals surface area contributed by atoms with Gasteiger partial charge in [0, 0.05) is 23.3 Å². The standard InChI is InChI=1S/C17H27N3O2/c1-6-12(4)18-16(21)14-8-9-15(11(3)10-14)20-17(22)19-13(5)7-2/h8-10,12-13H,6-7H2,1-5H3,(H,18,21)(H2,19,20,22). The number of rotatable bonds is 6. The van der Waals surface area contributed by atoms with Crippen molar-refractivity contribution in [1.29, 1.82) is 0 Å². The number of anilines is 1. The lowest BCUT2D eigenvalue weighted by atomic mass is 10.1. The summed E-state index contributed by atoms with van der Waals surface area (Å²) in [6.07, 6.45) is 1.77. The predicted octanol–water partition coefficient (Wildman–Crippen LogP) is 3.44. The first-order chi connectivity index (χ1) is 10.4. The van der Waals surface area contributed by atoms with E-state index in [-0.39, 0.29) is 24.0 Å². The zero-order valence-electron chi connectivity index (χ0n) is 14.1. The fraction of sp³-hybridized carbons (Fsp3) is 0.529. The molecule has 0 aliphatic heterocycles. The normalized spacial score (nSPS) is 13.1. The second-order valence-electron chi connectivity index (χ2n) is 5.72. The van der Waals surface area contributed by atoms with Gasteiger partial charge in [0.05, 0.1) is 0 Å². The fourth-order valence-corrected chi connectivity index (χ4v) is 1.84. The lowest BCUT2D eigenvalue weighted by molar-refractivity contribution is 0.0939. The van der Waals surface area contributed by atoms with Gasteiger partial charge in [0.25, 0.3) is 5.91 Å². The first-order valence-corrected chi connectivity index (χ1v) is 7.86. The predicted molar refractivity (Wildman–Crippen MR) is 90.3 cm³/mol. The van der Waals surface area contributed by atoms with Crippen LogP contribution in [0.25, 0.3) is 0 Å². The van der Waals surface area contributed by atoms with Crippen LogP contribution in [-0.2, 0) is 0 Å². The SMILES string of the molecule is CCC(C)NC(=O)Nc1ccc(C(=O)NC(C)CC)cc1C. The summed E-state index contributed by atoms with van der Waals surface area (Å²) < 4.78 is 0. The molecule has 1 aromatic rings. The van der Waals surface area contributed by atoms with Crippen molar-refractivity contribution in [1.82, 2.24) is 10.6 Å². The monoisotopic (exact) mass is 305 g/mol. The quantitative estimate of drug-likeness (QED) is 0.753. The Kier molecular flexibility index (Phi) is 6.89. The molecule has 122 valence electrons. The van der Waals surface area contributed by atoms with E-state index in [9.17, 15) is 9.59 Å². The van der Waals surface area contributed by atoms with Crippen LogP contribution in [0.3, 0.4) is 0 Å². The van der Waals surface area contributed by atoms with Crippen molar-refractivity contribution in [3.05, 3.63) is 29.3 Å². The highest BCUT2D eigenvalue weighted by atomic mass is 16.2. The van der Waals surface area contributed by atoms with E-state index in [2.05, 4.69) is 16.0 Å². The van der Waals surface area contributed by atoms with Crippen LogP contribution in [0.1, 0.15) is 56.5 Å². The van der Waals surface area contributed by atoms with E-state index >= 15 is 0 Å². The molecule has 0 saturated carbocycles. The van der Waals surface area contributed by atoms with Gasteiger partial charge in [-0.2, -0.15) is 0 Å². The van der Waals surface area contributed by atoms with Crippen molar-refractivity contribution in [2.24, 2.45) is 0 Å². The van der Waals surface area contributed by atoms with Crippen molar-refractivity contribution in [2.45, 2.75) is 59.5 Å². The van der Waals surface area contributed by atoms with Crippen molar-refractivity contribution < 1.29 is 9.59 Å². The summed E-state index contributed by atoms with van der Waals surface area (Å²) in [4.78, 5) is 23.9. The van der Waals surface area contributed by atoms with Gasteiger partial charge in [0.15, 0.2) is 0 Å². The van der Waals surface area contributed by atoms with Crippen molar-refractivity contribution in [3.63, 3.8) is 0 Å². The molecule has 0 aliphatic carbocycles. The molecule has 0 aromatic heterocycles. The summed E-state index contributed by atoms with van der Waals surface area (Å²) in [6.45, 7) is 9.84. The summed E-state index contributed by atoms with van der Waals surface area (Å²) in [5.74, 6) is -0.0898. The van der Waals surface area contributed by atoms with E-state index in [4.69, 9.17) is 0 Å². The molecule has 0 saturated heterocycles. The number of hydrogen-bond acceptors (Lipinski definition) is 2. The minimum absolute atomic E-state index is 0.0898. The maximum atomic E-state index is 12.1. The number of urea groups is 1. The van der Waals surface area contributed by atoms with Crippen molar-refractivity contribution in [2.75, 3.05) is 5.32 Å². The molecule has 0 fully saturated rings. The van der Waals surface area contributed by atoms with E-state index in [1.54, 1.807) is 18.2 Å². The molecule has 0 heterocycles. The smallest absolute Gasteiger partial charge is 0.319 e. The van der Waals surface area contributed by atoms with Gasteiger partial charge in [-0.1, -0.05) is 13.8 Å². The highest BCUT2D eigenvalue weighted by Crippen LogP contribution is 2.16. The molecular formula is C17H27N3O2. The van der Waals surface area contributed by atoms with Crippen LogP contribution in [0.5, 0.6) is 0 Å².